The van der Waals surface area contributed by atoms with Crippen molar-refractivity contribution in [2.45, 2.75) is 13.0 Å². The van der Waals surface area contributed by atoms with Gasteiger partial charge in [-0.05, 0) is 19.5 Å². The van der Waals surface area contributed by atoms with E-state index in [1.165, 1.54) is 5.56 Å². The van der Waals surface area contributed by atoms with Crippen LogP contribution in [-0.2, 0) is 4.74 Å². The highest BCUT2D eigenvalue weighted by molar-refractivity contribution is 5.18. The molecule has 0 saturated heterocycles. The number of hydrogen-bond donors (Lipinski definition) is 1. The monoisotopic (exact) mass is 222 g/mol. The fourth-order valence-electron chi connectivity index (χ4n) is 1.57. The summed E-state index contributed by atoms with van der Waals surface area (Å²) in [6.07, 6.45) is 0. The highest BCUT2D eigenvalue weighted by Crippen LogP contribution is 2.17. The third-order valence-corrected chi connectivity index (χ3v) is 2.79. The number of likely N-dealkylation sites (N-methyl/N-ethyl adjacent to an activating group) is 1. The van der Waals surface area contributed by atoms with Gasteiger partial charge in [-0.1, -0.05) is 30.3 Å². The van der Waals surface area contributed by atoms with Crippen LogP contribution in [0.2, 0.25) is 0 Å². The van der Waals surface area contributed by atoms with Crippen LogP contribution in [0.15, 0.2) is 30.3 Å². The van der Waals surface area contributed by atoms with Crippen LogP contribution in [-0.4, -0.2) is 38.3 Å². The Kier molecular flexibility index (Phi) is 6.08. The zero-order valence-corrected chi connectivity index (χ0v) is 10.2. The second kappa shape index (κ2) is 7.39. The molecule has 0 bridgehead atoms. The van der Waals surface area contributed by atoms with Crippen LogP contribution in [0.3, 0.4) is 0 Å². The maximum Gasteiger partial charge on any atom is 0.0594 e. The molecule has 1 rings (SSSR count). The molecule has 0 radical (unpaired) electrons. The molecule has 90 valence electrons. The number of ether oxygens (including phenoxy) is 1. The summed E-state index contributed by atoms with van der Waals surface area (Å²) in [5, 5.41) is 0. The van der Waals surface area contributed by atoms with Gasteiger partial charge in [0.25, 0.3) is 0 Å². The molecule has 2 N–H and O–H groups in total. The van der Waals surface area contributed by atoms with Gasteiger partial charge in [-0.25, -0.2) is 0 Å². The molecular weight excluding hydrogens is 200 g/mol. The molecule has 0 aliphatic rings. The standard InChI is InChI=1S/C13H22N2O/c1-12(13-6-4-3-5-7-13)15(2)9-11-16-10-8-14/h3-7,12H,8-11,14H2,1-2H3. The Balaban J connectivity index is 2.33. The topological polar surface area (TPSA) is 38.5 Å². The first-order valence-electron chi connectivity index (χ1n) is 5.78. The zero-order chi connectivity index (χ0) is 11.8. The average Bonchev–Trinajstić information content (AvgIpc) is 2.34. The summed E-state index contributed by atoms with van der Waals surface area (Å²) in [6.45, 7) is 5.12. The molecule has 1 unspecified atom stereocenters. The molecule has 0 aliphatic heterocycles. The van der Waals surface area contributed by atoms with Crippen molar-refractivity contribution in [3.05, 3.63) is 35.9 Å². The largest absolute Gasteiger partial charge is 0.379 e. The number of nitrogens with two attached hydrogens (primary N) is 1. The first-order valence-corrected chi connectivity index (χ1v) is 5.78. The van der Waals surface area contributed by atoms with Crippen molar-refractivity contribution >= 4 is 0 Å². The molecule has 0 amide bonds. The Bertz CT molecular complexity index is 277. The Labute approximate surface area is 98.2 Å². The Morgan fingerprint density at radius 1 is 1.25 bits per heavy atom. The van der Waals surface area contributed by atoms with Crippen molar-refractivity contribution in [1.29, 1.82) is 0 Å². The molecule has 0 spiro atoms. The third kappa shape index (κ3) is 4.31. The third-order valence-electron chi connectivity index (χ3n) is 2.79. The summed E-state index contributed by atoms with van der Waals surface area (Å²) >= 11 is 0. The number of benzene rings is 1. The van der Waals surface area contributed by atoms with Gasteiger partial charge in [0.05, 0.1) is 13.2 Å². The van der Waals surface area contributed by atoms with E-state index in [9.17, 15) is 0 Å². The van der Waals surface area contributed by atoms with E-state index in [1.54, 1.807) is 0 Å². The van der Waals surface area contributed by atoms with Gasteiger partial charge in [-0.15, -0.1) is 0 Å². The van der Waals surface area contributed by atoms with Crippen molar-refractivity contribution in [2.24, 2.45) is 5.73 Å². The SMILES string of the molecule is CC(c1ccccc1)N(C)CCOCCN. The van der Waals surface area contributed by atoms with E-state index < -0.39 is 0 Å². The van der Waals surface area contributed by atoms with Crippen molar-refractivity contribution < 1.29 is 4.74 Å². The van der Waals surface area contributed by atoms with E-state index in [4.69, 9.17) is 10.5 Å². The van der Waals surface area contributed by atoms with Crippen LogP contribution in [0.1, 0.15) is 18.5 Å². The summed E-state index contributed by atoms with van der Waals surface area (Å²) in [6, 6.07) is 10.9. The molecule has 1 aromatic carbocycles. The van der Waals surface area contributed by atoms with Crippen LogP contribution in [0.4, 0.5) is 0 Å². The van der Waals surface area contributed by atoms with Crippen LogP contribution in [0.5, 0.6) is 0 Å². The predicted octanol–water partition coefficient (Wildman–Crippen LogP) is 1.65. The first-order chi connectivity index (χ1) is 7.75. The van der Waals surface area contributed by atoms with Crippen LogP contribution < -0.4 is 5.73 Å². The molecule has 0 aromatic heterocycles. The highest BCUT2D eigenvalue weighted by Gasteiger charge is 2.10. The van der Waals surface area contributed by atoms with E-state index in [0.29, 0.717) is 19.2 Å². The lowest BCUT2D eigenvalue weighted by atomic mass is 10.1. The van der Waals surface area contributed by atoms with E-state index in [0.717, 1.165) is 13.2 Å². The number of nitrogens with zero attached hydrogens (tertiary/aromatic N) is 1. The fraction of sp³-hybridized carbons (Fsp3) is 0.538. The van der Waals surface area contributed by atoms with Gasteiger partial charge in [0, 0.05) is 19.1 Å². The zero-order valence-electron chi connectivity index (χ0n) is 10.2. The molecule has 0 heterocycles. The van der Waals surface area contributed by atoms with Crippen LogP contribution in [0, 0.1) is 0 Å². The molecule has 0 aliphatic carbocycles. The number of hydrogen-bond acceptors (Lipinski definition) is 3. The van der Waals surface area contributed by atoms with Crippen molar-refractivity contribution in [2.75, 3.05) is 33.4 Å². The molecule has 1 aromatic rings. The fourth-order valence-corrected chi connectivity index (χ4v) is 1.57. The lowest BCUT2D eigenvalue weighted by Gasteiger charge is -2.24. The maximum absolute atomic E-state index is 5.37. The van der Waals surface area contributed by atoms with Crippen LogP contribution in [0.25, 0.3) is 0 Å². The van der Waals surface area contributed by atoms with Crippen LogP contribution >= 0.6 is 0 Å². The minimum absolute atomic E-state index is 0.419. The maximum atomic E-state index is 5.37. The Morgan fingerprint density at radius 2 is 1.94 bits per heavy atom. The molecule has 16 heavy (non-hydrogen) atoms. The second-order valence-electron chi connectivity index (χ2n) is 3.97. The first kappa shape index (κ1) is 13.2. The number of rotatable bonds is 7. The minimum atomic E-state index is 0.419. The van der Waals surface area contributed by atoms with Gasteiger partial charge in [0.2, 0.25) is 0 Å². The van der Waals surface area contributed by atoms with Gasteiger partial charge in [-0.2, -0.15) is 0 Å². The van der Waals surface area contributed by atoms with E-state index in [-0.39, 0.29) is 0 Å². The lowest BCUT2D eigenvalue weighted by Crippen LogP contribution is -2.27. The van der Waals surface area contributed by atoms with Crippen molar-refractivity contribution in [3.63, 3.8) is 0 Å². The quantitative estimate of drug-likeness (QED) is 0.713. The van der Waals surface area contributed by atoms with E-state index in [2.05, 4.69) is 43.1 Å². The molecule has 3 heteroatoms. The smallest absolute Gasteiger partial charge is 0.0594 e. The summed E-state index contributed by atoms with van der Waals surface area (Å²) < 4.78 is 5.37. The second-order valence-corrected chi connectivity index (χ2v) is 3.97. The van der Waals surface area contributed by atoms with Gasteiger partial charge in [0.1, 0.15) is 0 Å². The molecular formula is C13H22N2O. The van der Waals surface area contributed by atoms with Gasteiger partial charge < -0.3 is 10.5 Å². The van der Waals surface area contributed by atoms with E-state index >= 15 is 0 Å². The van der Waals surface area contributed by atoms with Crippen molar-refractivity contribution in [3.8, 4) is 0 Å². The predicted molar refractivity (Wildman–Crippen MR) is 67.4 cm³/mol. The van der Waals surface area contributed by atoms with Gasteiger partial charge in [0.15, 0.2) is 0 Å². The molecule has 1 atom stereocenters. The molecule has 0 fully saturated rings. The Hall–Kier alpha value is -0.900. The normalized spacial score (nSPS) is 13.0. The summed E-state index contributed by atoms with van der Waals surface area (Å²) in [5.74, 6) is 0. The minimum Gasteiger partial charge on any atom is -0.379 e. The highest BCUT2D eigenvalue weighted by atomic mass is 16.5. The van der Waals surface area contributed by atoms with Gasteiger partial charge >= 0.3 is 0 Å². The van der Waals surface area contributed by atoms with Crippen molar-refractivity contribution in [1.82, 2.24) is 4.90 Å². The molecule has 0 saturated carbocycles. The van der Waals surface area contributed by atoms with E-state index in [1.807, 2.05) is 6.07 Å². The Morgan fingerprint density at radius 3 is 2.56 bits per heavy atom. The summed E-state index contributed by atoms with van der Waals surface area (Å²) in [7, 11) is 2.11. The average molecular weight is 222 g/mol. The lowest BCUT2D eigenvalue weighted by molar-refractivity contribution is 0.106. The summed E-state index contributed by atoms with van der Waals surface area (Å²) in [4.78, 5) is 2.28. The van der Waals surface area contributed by atoms with Gasteiger partial charge in [-0.3, -0.25) is 4.90 Å². The summed E-state index contributed by atoms with van der Waals surface area (Å²) in [5.41, 5.74) is 6.69. The molecule has 3 nitrogen and oxygen atoms in total.